The maximum atomic E-state index is 5.15. The predicted octanol–water partition coefficient (Wildman–Crippen LogP) is 3.20. The fraction of sp³-hybridized carbons (Fsp3) is 0.0769. The van der Waals surface area contributed by atoms with Gasteiger partial charge in [-0.2, -0.15) is 0 Å². The van der Waals surface area contributed by atoms with E-state index in [0.717, 1.165) is 22.3 Å². The topological polar surface area (TPSA) is 38.9 Å². The van der Waals surface area contributed by atoms with Crippen molar-refractivity contribution in [1.82, 2.24) is 10.1 Å². The number of aromatic nitrogens is 2. The molecule has 0 atom stereocenters. The average molecular weight is 210 g/mol. The monoisotopic (exact) mass is 210 g/mol. The molecular formula is C13H10N2O. The maximum absolute atomic E-state index is 5.15. The normalized spacial score (nSPS) is 10.8. The van der Waals surface area contributed by atoms with Gasteiger partial charge < -0.3 is 4.52 Å². The number of hydrogen-bond donors (Lipinski definition) is 0. The summed E-state index contributed by atoms with van der Waals surface area (Å²) in [6, 6.07) is 14.0. The van der Waals surface area contributed by atoms with Gasteiger partial charge in [0.05, 0.1) is 16.8 Å². The summed E-state index contributed by atoms with van der Waals surface area (Å²) in [6.07, 6.45) is 0. The number of aryl methyl sites for hydroxylation is 1. The number of nitrogens with zero attached hydrogens (tertiary/aromatic N) is 2. The Labute approximate surface area is 92.7 Å². The van der Waals surface area contributed by atoms with Crippen LogP contribution in [0.15, 0.2) is 47.0 Å². The predicted molar refractivity (Wildman–Crippen MR) is 62.0 cm³/mol. The number of hydrogen-bond acceptors (Lipinski definition) is 3. The first-order chi connectivity index (χ1) is 7.84. The quantitative estimate of drug-likeness (QED) is 0.619. The van der Waals surface area contributed by atoms with Gasteiger partial charge in [0.2, 0.25) is 0 Å². The lowest BCUT2D eigenvalue weighted by Gasteiger charge is -1.98. The van der Waals surface area contributed by atoms with E-state index in [0.29, 0.717) is 5.71 Å². The minimum Gasteiger partial charge on any atom is -0.336 e. The molecule has 0 spiro atoms. The van der Waals surface area contributed by atoms with Gasteiger partial charge in [-0.1, -0.05) is 35.5 Å². The molecule has 3 aromatic rings. The molecule has 0 saturated heterocycles. The molecule has 1 aromatic carbocycles. The molecule has 78 valence electrons. The summed E-state index contributed by atoms with van der Waals surface area (Å²) in [6.45, 7) is 1.91. The second kappa shape index (κ2) is 3.45. The van der Waals surface area contributed by atoms with E-state index < -0.39 is 0 Å². The van der Waals surface area contributed by atoms with Crippen LogP contribution in [0.25, 0.3) is 22.4 Å². The lowest BCUT2D eigenvalue weighted by molar-refractivity contribution is 0.443. The van der Waals surface area contributed by atoms with Gasteiger partial charge in [0.15, 0.2) is 0 Å². The van der Waals surface area contributed by atoms with Crippen LogP contribution in [0.2, 0.25) is 0 Å². The number of benzene rings is 1. The molecule has 0 aliphatic heterocycles. The zero-order valence-electron chi connectivity index (χ0n) is 8.84. The third-order valence-electron chi connectivity index (χ3n) is 2.59. The number of fused-ring (bicyclic) bond motifs is 1. The molecule has 2 aromatic heterocycles. The van der Waals surface area contributed by atoms with E-state index in [1.54, 1.807) is 0 Å². The van der Waals surface area contributed by atoms with Crippen LogP contribution in [0.1, 0.15) is 5.69 Å². The molecule has 0 saturated carbocycles. The lowest BCUT2D eigenvalue weighted by Crippen LogP contribution is -1.82. The van der Waals surface area contributed by atoms with E-state index in [2.05, 4.69) is 10.1 Å². The van der Waals surface area contributed by atoms with Crippen LogP contribution in [-0.4, -0.2) is 10.1 Å². The van der Waals surface area contributed by atoms with Gasteiger partial charge in [0.25, 0.3) is 5.71 Å². The number of pyridine rings is 1. The zero-order valence-corrected chi connectivity index (χ0v) is 8.84. The summed E-state index contributed by atoms with van der Waals surface area (Å²) in [5.74, 6) is 0. The molecule has 0 N–H and O–H groups in total. The Morgan fingerprint density at radius 1 is 1.00 bits per heavy atom. The van der Waals surface area contributed by atoms with E-state index in [1.165, 1.54) is 0 Å². The highest BCUT2D eigenvalue weighted by Crippen LogP contribution is 2.22. The maximum Gasteiger partial charge on any atom is 0.258 e. The average Bonchev–Trinajstić information content (AvgIpc) is 2.72. The molecule has 16 heavy (non-hydrogen) atoms. The summed E-state index contributed by atoms with van der Waals surface area (Å²) < 4.78 is 5.15. The fourth-order valence-electron chi connectivity index (χ4n) is 1.72. The summed E-state index contributed by atoms with van der Waals surface area (Å²) in [5.41, 5.74) is 3.46. The minimum absolute atomic E-state index is 0.596. The first kappa shape index (κ1) is 9.09. The standard InChI is InChI=1S/C13H10N2O/c1-9-11-7-8-12(14-13(11)16-15-9)10-5-3-2-4-6-10/h2-8H,1H3. The van der Waals surface area contributed by atoms with Crippen molar-refractivity contribution < 1.29 is 4.52 Å². The Bertz CT molecular complexity index is 629. The van der Waals surface area contributed by atoms with Gasteiger partial charge in [-0.25, -0.2) is 4.98 Å². The van der Waals surface area contributed by atoms with Crippen LogP contribution in [0.5, 0.6) is 0 Å². The Hall–Kier alpha value is -2.16. The Morgan fingerprint density at radius 2 is 1.81 bits per heavy atom. The van der Waals surface area contributed by atoms with Gasteiger partial charge >= 0.3 is 0 Å². The second-order valence-electron chi connectivity index (χ2n) is 3.68. The Morgan fingerprint density at radius 3 is 2.62 bits per heavy atom. The van der Waals surface area contributed by atoms with Crippen molar-refractivity contribution in [2.75, 3.05) is 0 Å². The van der Waals surface area contributed by atoms with Gasteiger partial charge in [-0.05, 0) is 19.1 Å². The second-order valence-corrected chi connectivity index (χ2v) is 3.68. The molecule has 2 heterocycles. The molecule has 0 bridgehead atoms. The van der Waals surface area contributed by atoms with E-state index in [1.807, 2.05) is 49.4 Å². The SMILES string of the molecule is Cc1noc2nc(-c3ccccc3)ccc12. The molecule has 0 aliphatic rings. The minimum atomic E-state index is 0.596. The van der Waals surface area contributed by atoms with Crippen molar-refractivity contribution in [3.63, 3.8) is 0 Å². The van der Waals surface area contributed by atoms with Crippen molar-refractivity contribution in [2.24, 2.45) is 0 Å². The largest absolute Gasteiger partial charge is 0.336 e. The lowest BCUT2D eigenvalue weighted by atomic mass is 10.1. The van der Waals surface area contributed by atoms with Gasteiger partial charge in [0.1, 0.15) is 0 Å². The summed E-state index contributed by atoms with van der Waals surface area (Å²) >= 11 is 0. The third kappa shape index (κ3) is 1.37. The Balaban J connectivity index is 2.19. The molecule has 0 radical (unpaired) electrons. The van der Waals surface area contributed by atoms with Crippen LogP contribution in [0.3, 0.4) is 0 Å². The molecular weight excluding hydrogens is 200 g/mol. The van der Waals surface area contributed by atoms with Crippen molar-refractivity contribution in [3.05, 3.63) is 48.2 Å². The van der Waals surface area contributed by atoms with Crippen molar-refractivity contribution in [3.8, 4) is 11.3 Å². The van der Waals surface area contributed by atoms with Crippen LogP contribution >= 0.6 is 0 Å². The molecule has 0 unspecified atom stereocenters. The van der Waals surface area contributed by atoms with Crippen LogP contribution < -0.4 is 0 Å². The van der Waals surface area contributed by atoms with Crippen LogP contribution in [0.4, 0.5) is 0 Å². The molecule has 0 aliphatic carbocycles. The van der Waals surface area contributed by atoms with Crippen molar-refractivity contribution >= 4 is 11.1 Å². The molecule has 0 fully saturated rings. The molecule has 3 heteroatoms. The Kier molecular flexibility index (Phi) is 1.96. The van der Waals surface area contributed by atoms with Gasteiger partial charge in [0, 0.05) is 5.56 Å². The summed E-state index contributed by atoms with van der Waals surface area (Å²) in [4.78, 5) is 4.44. The fourth-order valence-corrected chi connectivity index (χ4v) is 1.72. The van der Waals surface area contributed by atoms with Crippen LogP contribution in [-0.2, 0) is 0 Å². The van der Waals surface area contributed by atoms with E-state index in [9.17, 15) is 0 Å². The van der Waals surface area contributed by atoms with Gasteiger partial charge in [-0.15, -0.1) is 0 Å². The summed E-state index contributed by atoms with van der Waals surface area (Å²) in [7, 11) is 0. The highest BCUT2D eigenvalue weighted by Gasteiger charge is 2.06. The van der Waals surface area contributed by atoms with E-state index >= 15 is 0 Å². The highest BCUT2D eigenvalue weighted by molar-refractivity contribution is 5.78. The summed E-state index contributed by atoms with van der Waals surface area (Å²) in [5, 5.41) is 4.86. The molecule has 3 nitrogen and oxygen atoms in total. The van der Waals surface area contributed by atoms with E-state index in [-0.39, 0.29) is 0 Å². The van der Waals surface area contributed by atoms with Crippen LogP contribution in [0, 0.1) is 6.92 Å². The van der Waals surface area contributed by atoms with Gasteiger partial charge in [-0.3, -0.25) is 0 Å². The zero-order chi connectivity index (χ0) is 11.0. The third-order valence-corrected chi connectivity index (χ3v) is 2.59. The van der Waals surface area contributed by atoms with E-state index in [4.69, 9.17) is 4.52 Å². The molecule has 3 rings (SSSR count). The number of rotatable bonds is 1. The highest BCUT2D eigenvalue weighted by atomic mass is 16.5. The first-order valence-electron chi connectivity index (χ1n) is 5.13. The first-order valence-corrected chi connectivity index (χ1v) is 5.13. The molecule has 0 amide bonds. The van der Waals surface area contributed by atoms with Crippen molar-refractivity contribution in [1.29, 1.82) is 0 Å². The smallest absolute Gasteiger partial charge is 0.258 e. The van der Waals surface area contributed by atoms with Crippen molar-refractivity contribution in [2.45, 2.75) is 6.92 Å².